The Morgan fingerprint density at radius 2 is 0.935 bits per heavy atom. The van der Waals surface area contributed by atoms with Gasteiger partial charge in [-0.3, -0.25) is 0 Å². The molecule has 31 heavy (non-hydrogen) atoms. The zero-order chi connectivity index (χ0) is 19.3. The molecule has 0 aromatic heterocycles. The van der Waals surface area contributed by atoms with Gasteiger partial charge in [-0.05, 0) is 24.0 Å². The fourth-order valence-electron chi connectivity index (χ4n) is 2.89. The van der Waals surface area contributed by atoms with Crippen molar-refractivity contribution in [3.8, 4) is 0 Å². The van der Waals surface area contributed by atoms with Crippen molar-refractivity contribution in [2.75, 3.05) is 0 Å². The van der Waals surface area contributed by atoms with E-state index in [1.165, 1.54) is 22.3 Å². The Morgan fingerprint density at radius 3 is 1.26 bits per heavy atom. The van der Waals surface area contributed by atoms with Gasteiger partial charge in [0.25, 0.3) is 0 Å². The summed E-state index contributed by atoms with van der Waals surface area (Å²) in [6, 6.07) is 37.7. The topological polar surface area (TPSA) is 0 Å². The molecule has 0 saturated heterocycles. The average Bonchev–Trinajstić information content (AvgIpc) is 3.45. The van der Waals surface area contributed by atoms with Gasteiger partial charge in [0, 0.05) is 0 Å². The summed E-state index contributed by atoms with van der Waals surface area (Å²) >= 11 is 0. The van der Waals surface area contributed by atoms with Crippen LogP contribution in [0.1, 0.15) is 22.3 Å². The third kappa shape index (κ3) is 11.9. The number of allylic oxidation sites excluding steroid dienone is 2. The summed E-state index contributed by atoms with van der Waals surface area (Å²) in [6.45, 7) is 0. The van der Waals surface area contributed by atoms with Crippen LogP contribution in [0.15, 0.2) is 121 Å². The van der Waals surface area contributed by atoms with Crippen LogP contribution in [0.3, 0.4) is 0 Å². The molecule has 0 heterocycles. The van der Waals surface area contributed by atoms with Gasteiger partial charge < -0.3 is 24.8 Å². The number of rotatable bonds is 6. The van der Waals surface area contributed by atoms with E-state index in [9.17, 15) is 0 Å². The van der Waals surface area contributed by atoms with E-state index in [4.69, 9.17) is 0 Å². The van der Waals surface area contributed by atoms with Crippen molar-refractivity contribution >= 4 is 12.2 Å². The van der Waals surface area contributed by atoms with Gasteiger partial charge in [0.15, 0.2) is 0 Å². The summed E-state index contributed by atoms with van der Waals surface area (Å²) in [5, 5.41) is 0. The monoisotopic (exact) mass is 522 g/mol. The van der Waals surface area contributed by atoms with E-state index in [1.54, 1.807) is 0 Å². The van der Waals surface area contributed by atoms with Crippen LogP contribution in [-0.4, -0.2) is 0 Å². The van der Waals surface area contributed by atoms with E-state index in [1.807, 2.05) is 12.1 Å². The van der Waals surface area contributed by atoms with Crippen LogP contribution in [0.5, 0.6) is 0 Å². The zero-order valence-corrected chi connectivity index (χ0v) is 21.3. The third-order valence-electron chi connectivity index (χ3n) is 4.39. The van der Waals surface area contributed by atoms with Crippen molar-refractivity contribution in [2.24, 2.45) is 0 Å². The van der Waals surface area contributed by atoms with Gasteiger partial charge in [0.2, 0.25) is 0 Å². The Kier molecular flexibility index (Phi) is 16.6. The van der Waals surface area contributed by atoms with Gasteiger partial charge in [-0.25, -0.2) is 12.1 Å². The molecule has 4 aromatic carbocycles. The molecule has 0 N–H and O–H groups in total. The minimum atomic E-state index is 0. The molecular formula is C28H26Cl2Zr. The van der Waals surface area contributed by atoms with E-state index >= 15 is 0 Å². The molecule has 4 rings (SSSR count). The molecule has 0 unspecified atom stereocenters. The molecular weight excluding hydrogens is 498 g/mol. The Morgan fingerprint density at radius 1 is 0.548 bits per heavy atom. The second kappa shape index (κ2) is 17.7. The molecule has 0 aliphatic rings. The first kappa shape index (κ1) is 29.1. The fraction of sp³-hybridized carbons (Fsp3) is 0.0714. The first-order valence-electron chi connectivity index (χ1n) is 9.74. The van der Waals surface area contributed by atoms with Crippen LogP contribution in [0.4, 0.5) is 0 Å². The summed E-state index contributed by atoms with van der Waals surface area (Å²) in [5.74, 6) is 0. The Bertz CT molecular complexity index is 857. The minimum Gasteiger partial charge on any atom is -1.00 e. The summed E-state index contributed by atoms with van der Waals surface area (Å²) in [5.41, 5.74) is 5.27. The van der Waals surface area contributed by atoms with E-state index in [0.717, 1.165) is 12.8 Å². The van der Waals surface area contributed by atoms with Crippen LogP contribution in [0.25, 0.3) is 12.2 Å². The number of benzene rings is 2. The second-order valence-corrected chi connectivity index (χ2v) is 6.62. The zero-order valence-electron chi connectivity index (χ0n) is 17.4. The smallest absolute Gasteiger partial charge is 1.00 e. The largest absolute Gasteiger partial charge is 4.00 e. The van der Waals surface area contributed by atoms with E-state index < -0.39 is 0 Å². The molecule has 0 aliphatic carbocycles. The van der Waals surface area contributed by atoms with Crippen molar-refractivity contribution in [3.63, 3.8) is 0 Å². The van der Waals surface area contributed by atoms with Crippen molar-refractivity contribution in [1.82, 2.24) is 0 Å². The molecule has 0 amide bonds. The summed E-state index contributed by atoms with van der Waals surface area (Å²) in [6.07, 6.45) is 10.7. The quantitative estimate of drug-likeness (QED) is 0.334. The van der Waals surface area contributed by atoms with Crippen molar-refractivity contribution in [2.45, 2.75) is 12.8 Å². The summed E-state index contributed by atoms with van der Waals surface area (Å²) in [7, 11) is 0. The fourth-order valence-corrected chi connectivity index (χ4v) is 2.89. The predicted molar refractivity (Wildman–Crippen MR) is 122 cm³/mol. The van der Waals surface area contributed by atoms with Gasteiger partial charge in [-0.2, -0.15) is 47.5 Å². The van der Waals surface area contributed by atoms with Crippen LogP contribution in [-0.2, 0) is 39.0 Å². The van der Waals surface area contributed by atoms with Crippen LogP contribution in [0, 0.1) is 0 Å². The minimum absolute atomic E-state index is 0. The molecule has 0 nitrogen and oxygen atoms in total. The van der Waals surface area contributed by atoms with Crippen LogP contribution < -0.4 is 24.8 Å². The van der Waals surface area contributed by atoms with E-state index in [0.29, 0.717) is 0 Å². The van der Waals surface area contributed by atoms with E-state index in [-0.39, 0.29) is 51.0 Å². The Balaban J connectivity index is 0.000000529. The Labute approximate surface area is 218 Å². The first-order valence-corrected chi connectivity index (χ1v) is 9.74. The number of hydrogen-bond acceptors (Lipinski definition) is 0. The van der Waals surface area contributed by atoms with Gasteiger partial charge in [-0.15, -0.1) is 12.2 Å². The second-order valence-electron chi connectivity index (χ2n) is 6.62. The third-order valence-corrected chi connectivity index (χ3v) is 4.39. The molecule has 0 saturated carbocycles. The SMILES string of the molecule is C(=Cc1cc[cH-]c1)Cc1ccccc1.C(=Cc1cc[cH-]c1)Cc1ccccc1.[Cl-].[Cl-].[Zr+4]. The Hall–Kier alpha value is -1.92. The average molecular weight is 525 g/mol. The first-order chi connectivity index (χ1) is 13.9. The van der Waals surface area contributed by atoms with Crippen molar-refractivity contribution in [1.29, 1.82) is 0 Å². The molecule has 0 radical (unpaired) electrons. The van der Waals surface area contributed by atoms with Crippen molar-refractivity contribution < 1.29 is 51.0 Å². The van der Waals surface area contributed by atoms with Crippen molar-refractivity contribution in [3.05, 3.63) is 144 Å². The molecule has 0 atom stereocenters. The number of halogens is 2. The molecule has 156 valence electrons. The molecule has 3 heteroatoms. The molecule has 4 aromatic rings. The molecule has 0 aliphatic heterocycles. The molecule has 0 bridgehead atoms. The normalized spacial score (nSPS) is 9.81. The van der Waals surface area contributed by atoms with Gasteiger partial charge >= 0.3 is 26.2 Å². The maximum atomic E-state index is 2.20. The standard InChI is InChI=1S/2C14H13.2ClH.Zr/c2*1-2-7-13(8-3-1)11-6-12-14-9-4-5-10-14;;;/h2*1-10,12H,11H2;2*1H;/q2*-1;;;+4/p-2. The maximum Gasteiger partial charge on any atom is 4.00 e. The molecule has 0 fully saturated rings. The van der Waals surface area contributed by atoms with Gasteiger partial charge in [-0.1, -0.05) is 72.8 Å². The number of hydrogen-bond donors (Lipinski definition) is 0. The van der Waals surface area contributed by atoms with Gasteiger partial charge in [0.1, 0.15) is 0 Å². The maximum absolute atomic E-state index is 2.20. The predicted octanol–water partition coefficient (Wildman–Crippen LogP) is 1.33. The van der Waals surface area contributed by atoms with Crippen LogP contribution in [0.2, 0.25) is 0 Å². The molecule has 0 spiro atoms. The van der Waals surface area contributed by atoms with E-state index in [2.05, 4.69) is 121 Å². The summed E-state index contributed by atoms with van der Waals surface area (Å²) in [4.78, 5) is 0. The summed E-state index contributed by atoms with van der Waals surface area (Å²) < 4.78 is 0. The van der Waals surface area contributed by atoms with Gasteiger partial charge in [0.05, 0.1) is 0 Å². The van der Waals surface area contributed by atoms with Crippen LogP contribution >= 0.6 is 0 Å².